The predicted octanol–water partition coefficient (Wildman–Crippen LogP) is 5.34. The van der Waals surface area contributed by atoms with E-state index in [1.54, 1.807) is 36.2 Å². The number of benzene rings is 1. The third-order valence-corrected chi connectivity index (χ3v) is 5.82. The van der Waals surface area contributed by atoms with E-state index in [0.717, 1.165) is 25.7 Å². The zero-order valence-corrected chi connectivity index (χ0v) is 15.2. The molecule has 8 heteroatoms. The van der Waals surface area contributed by atoms with Crippen molar-refractivity contribution in [2.75, 3.05) is 5.32 Å². The van der Waals surface area contributed by atoms with Crippen LogP contribution < -0.4 is 10.1 Å². The summed E-state index contributed by atoms with van der Waals surface area (Å²) in [5, 5.41) is 2.61. The van der Waals surface area contributed by atoms with Crippen molar-refractivity contribution in [3.05, 3.63) is 54.2 Å². The summed E-state index contributed by atoms with van der Waals surface area (Å²) in [7, 11) is 0. The van der Waals surface area contributed by atoms with Crippen LogP contribution >= 0.6 is 11.8 Å². The molecule has 27 heavy (non-hydrogen) atoms. The molecule has 1 aromatic heterocycles. The highest BCUT2D eigenvalue weighted by molar-refractivity contribution is 8.00. The zero-order chi connectivity index (χ0) is 19.3. The van der Waals surface area contributed by atoms with E-state index in [-0.39, 0.29) is 11.7 Å². The lowest BCUT2D eigenvalue weighted by Crippen LogP contribution is -2.21. The van der Waals surface area contributed by atoms with Crippen molar-refractivity contribution in [3.63, 3.8) is 0 Å². The van der Waals surface area contributed by atoms with Crippen molar-refractivity contribution >= 4 is 23.5 Å². The predicted molar refractivity (Wildman–Crippen MR) is 98.6 cm³/mol. The highest BCUT2D eigenvalue weighted by Crippen LogP contribution is 2.40. The Morgan fingerprint density at radius 1 is 1.15 bits per heavy atom. The van der Waals surface area contributed by atoms with Gasteiger partial charge in [0.2, 0.25) is 5.91 Å². The molecule has 3 rings (SSSR count). The molecule has 0 aliphatic heterocycles. The first-order chi connectivity index (χ1) is 12.9. The molecule has 1 aromatic carbocycles. The first-order valence-corrected chi connectivity index (χ1v) is 9.58. The molecule has 2 aromatic rings. The van der Waals surface area contributed by atoms with Crippen LogP contribution in [0.2, 0.25) is 0 Å². The van der Waals surface area contributed by atoms with Crippen LogP contribution in [0.1, 0.15) is 36.5 Å². The van der Waals surface area contributed by atoms with Crippen LogP contribution in [0.15, 0.2) is 48.7 Å². The van der Waals surface area contributed by atoms with Crippen molar-refractivity contribution in [1.29, 1.82) is 0 Å². The number of thioether (sulfide) groups is 1. The normalized spacial score (nSPS) is 16.1. The fourth-order valence-corrected chi connectivity index (χ4v) is 4.47. The summed E-state index contributed by atoms with van der Waals surface area (Å²) in [5.41, 5.74) is 0.634. The number of anilines is 1. The van der Waals surface area contributed by atoms with E-state index in [0.29, 0.717) is 16.6 Å². The average Bonchev–Trinajstić information content (AvgIpc) is 3.13. The molecule has 1 fully saturated rings. The summed E-state index contributed by atoms with van der Waals surface area (Å²) >= 11 is 1.55. The van der Waals surface area contributed by atoms with Crippen molar-refractivity contribution in [3.8, 4) is 5.75 Å². The third-order valence-electron chi connectivity index (χ3n) is 4.20. The van der Waals surface area contributed by atoms with Crippen molar-refractivity contribution in [2.24, 2.45) is 0 Å². The van der Waals surface area contributed by atoms with E-state index in [1.165, 1.54) is 24.3 Å². The van der Waals surface area contributed by atoms with Gasteiger partial charge in [-0.15, -0.1) is 24.9 Å². The number of hydrogen-bond acceptors (Lipinski definition) is 4. The number of amides is 1. The Balaban J connectivity index is 1.77. The van der Waals surface area contributed by atoms with E-state index in [4.69, 9.17) is 0 Å². The van der Waals surface area contributed by atoms with Crippen molar-refractivity contribution in [1.82, 2.24) is 4.98 Å². The van der Waals surface area contributed by atoms with Crippen LogP contribution in [-0.4, -0.2) is 22.5 Å². The van der Waals surface area contributed by atoms with Gasteiger partial charge in [0, 0.05) is 11.4 Å². The second-order valence-electron chi connectivity index (χ2n) is 6.24. The Hall–Kier alpha value is -2.22. The van der Waals surface area contributed by atoms with E-state index < -0.39 is 11.6 Å². The molecular formula is C19H19F3N2O2S. The van der Waals surface area contributed by atoms with Crippen LogP contribution in [0, 0.1) is 0 Å². The molecule has 0 bridgehead atoms. The number of hydrogen-bond donors (Lipinski definition) is 1. The second kappa shape index (κ2) is 8.65. The number of aromatic nitrogens is 1. The fraction of sp³-hybridized carbons (Fsp3) is 0.368. The topological polar surface area (TPSA) is 51.2 Å². The molecule has 4 nitrogen and oxygen atoms in total. The van der Waals surface area contributed by atoms with Crippen LogP contribution in [0.3, 0.4) is 0 Å². The molecule has 0 radical (unpaired) electrons. The molecule has 1 N–H and O–H groups in total. The van der Waals surface area contributed by atoms with Gasteiger partial charge in [-0.1, -0.05) is 31.0 Å². The molecule has 1 unspecified atom stereocenters. The quantitative estimate of drug-likeness (QED) is 0.717. The Morgan fingerprint density at radius 2 is 1.85 bits per heavy atom. The number of pyridine rings is 1. The number of nitrogens with one attached hydrogen (secondary N) is 1. The Kier molecular flexibility index (Phi) is 6.26. The first kappa shape index (κ1) is 19.5. The maximum atomic E-state index is 12.8. The van der Waals surface area contributed by atoms with Crippen molar-refractivity contribution < 1.29 is 22.7 Å². The van der Waals surface area contributed by atoms with Gasteiger partial charge >= 0.3 is 6.36 Å². The molecule has 1 heterocycles. The largest absolute Gasteiger partial charge is 0.573 e. The molecule has 1 amide bonds. The standard InChI is InChI=1S/C19H19F3N2O2S/c20-19(21,22)26-14-10-8-13(9-11-14)17(27-15-5-1-2-6-15)18(25)24-16-7-3-4-12-23-16/h3-4,7-12,15,17H,1-2,5-6H2,(H,23,24,25). The third kappa shape index (κ3) is 5.89. The summed E-state index contributed by atoms with van der Waals surface area (Å²) in [6, 6.07) is 10.7. The molecule has 1 aliphatic rings. The number of rotatable bonds is 6. The molecule has 1 atom stereocenters. The Labute approximate surface area is 159 Å². The Morgan fingerprint density at radius 3 is 2.44 bits per heavy atom. The number of nitrogens with zero attached hydrogens (tertiary/aromatic N) is 1. The molecule has 144 valence electrons. The first-order valence-electron chi connectivity index (χ1n) is 8.64. The van der Waals surface area contributed by atoms with Gasteiger partial charge in [-0.25, -0.2) is 4.98 Å². The van der Waals surface area contributed by atoms with Gasteiger partial charge in [0.1, 0.15) is 16.8 Å². The summed E-state index contributed by atoms with van der Waals surface area (Å²) in [6.45, 7) is 0. The number of halogens is 3. The number of ether oxygens (including phenoxy) is 1. The van der Waals surface area contributed by atoms with Gasteiger partial charge in [0.15, 0.2) is 0 Å². The van der Waals surface area contributed by atoms with Gasteiger partial charge < -0.3 is 10.1 Å². The lowest BCUT2D eigenvalue weighted by molar-refractivity contribution is -0.274. The zero-order valence-electron chi connectivity index (χ0n) is 14.4. The number of carbonyl (C=O) groups excluding carboxylic acids is 1. The van der Waals surface area contributed by atoms with Gasteiger partial charge in [0.25, 0.3) is 0 Å². The minimum absolute atomic E-state index is 0.241. The number of carbonyl (C=O) groups is 1. The van der Waals surface area contributed by atoms with E-state index >= 15 is 0 Å². The smallest absolute Gasteiger partial charge is 0.406 e. The molecule has 1 saturated carbocycles. The summed E-state index contributed by atoms with van der Waals surface area (Å²) in [5.74, 6) is -0.104. The summed E-state index contributed by atoms with van der Waals surface area (Å²) < 4.78 is 40.9. The second-order valence-corrected chi connectivity index (χ2v) is 7.65. The van der Waals surface area contributed by atoms with Crippen LogP contribution in [0.4, 0.5) is 19.0 Å². The maximum Gasteiger partial charge on any atom is 0.573 e. The SMILES string of the molecule is O=C(Nc1ccccn1)C(SC1CCCC1)c1ccc(OC(F)(F)F)cc1. The van der Waals surface area contributed by atoms with E-state index in [1.807, 2.05) is 0 Å². The summed E-state index contributed by atoms with van der Waals surface area (Å²) in [6.07, 6.45) is 1.17. The van der Waals surface area contributed by atoms with Gasteiger partial charge in [0.05, 0.1) is 0 Å². The lowest BCUT2D eigenvalue weighted by atomic mass is 10.1. The fourth-order valence-electron chi connectivity index (χ4n) is 2.98. The maximum absolute atomic E-state index is 12.8. The van der Waals surface area contributed by atoms with Crippen LogP contribution in [0.25, 0.3) is 0 Å². The van der Waals surface area contributed by atoms with Crippen LogP contribution in [-0.2, 0) is 4.79 Å². The minimum Gasteiger partial charge on any atom is -0.406 e. The van der Waals surface area contributed by atoms with Gasteiger partial charge in [-0.3, -0.25) is 4.79 Å². The van der Waals surface area contributed by atoms with Gasteiger partial charge in [-0.05, 0) is 42.7 Å². The summed E-state index contributed by atoms with van der Waals surface area (Å²) in [4.78, 5) is 16.9. The van der Waals surface area contributed by atoms with E-state index in [9.17, 15) is 18.0 Å². The van der Waals surface area contributed by atoms with Crippen LogP contribution in [0.5, 0.6) is 5.75 Å². The number of alkyl halides is 3. The van der Waals surface area contributed by atoms with E-state index in [2.05, 4.69) is 15.0 Å². The average molecular weight is 396 g/mol. The highest BCUT2D eigenvalue weighted by Gasteiger charge is 2.32. The molecular weight excluding hydrogens is 377 g/mol. The van der Waals surface area contributed by atoms with Gasteiger partial charge in [-0.2, -0.15) is 0 Å². The minimum atomic E-state index is -4.74. The monoisotopic (exact) mass is 396 g/mol. The van der Waals surface area contributed by atoms with Crippen molar-refractivity contribution in [2.45, 2.75) is 42.5 Å². The Bertz CT molecular complexity index is 748. The molecule has 0 spiro atoms. The highest BCUT2D eigenvalue weighted by atomic mass is 32.2. The molecule has 0 saturated heterocycles. The molecule has 1 aliphatic carbocycles. The lowest BCUT2D eigenvalue weighted by Gasteiger charge is -2.20.